The first-order chi connectivity index (χ1) is 20.2. The minimum Gasteiger partial charge on any atom is -0.351 e. The van der Waals surface area contributed by atoms with Crippen LogP contribution in [0.1, 0.15) is 43.0 Å². The van der Waals surface area contributed by atoms with E-state index in [4.69, 9.17) is 11.6 Å². The Hall–Kier alpha value is -4.20. The van der Waals surface area contributed by atoms with Crippen LogP contribution in [-0.2, 0) is 15.8 Å². The number of nitrogens with zero attached hydrogens (tertiary/aromatic N) is 4. The van der Waals surface area contributed by atoms with E-state index < -0.39 is 72.3 Å². The summed E-state index contributed by atoms with van der Waals surface area (Å²) in [5.74, 6) is -5.88. The van der Waals surface area contributed by atoms with Crippen LogP contribution in [0.4, 0.5) is 37.8 Å². The highest BCUT2D eigenvalue weighted by molar-refractivity contribution is 6.31. The predicted octanol–water partition coefficient (Wildman–Crippen LogP) is 6.20. The molecule has 2 aliphatic rings. The Bertz CT molecular complexity index is 1560. The van der Waals surface area contributed by atoms with E-state index in [1.54, 1.807) is 6.07 Å². The number of aromatic nitrogens is 1. The minimum atomic E-state index is -4.84. The summed E-state index contributed by atoms with van der Waals surface area (Å²) in [6.07, 6.45) is -8.10. The summed E-state index contributed by atoms with van der Waals surface area (Å²) < 4.78 is 81.9. The van der Waals surface area contributed by atoms with Gasteiger partial charge in [-0.3, -0.25) is 9.59 Å². The molecule has 43 heavy (non-hydrogen) atoms. The van der Waals surface area contributed by atoms with Crippen molar-refractivity contribution in [2.45, 2.75) is 56.0 Å². The fraction of sp³-hybridized carbons (Fsp3) is 0.321. The summed E-state index contributed by atoms with van der Waals surface area (Å²) in [7, 11) is 0. The van der Waals surface area contributed by atoms with Crippen molar-refractivity contribution in [2.75, 3.05) is 9.91 Å². The number of rotatable bonds is 8. The van der Waals surface area contributed by atoms with Gasteiger partial charge in [-0.2, -0.15) is 13.2 Å². The van der Waals surface area contributed by atoms with Crippen LogP contribution in [0.25, 0.3) is 0 Å². The number of amides is 2. The number of anilines is 2. The van der Waals surface area contributed by atoms with E-state index >= 15 is 0 Å². The fourth-order valence-electron chi connectivity index (χ4n) is 5.14. The molecule has 1 saturated heterocycles. The lowest BCUT2D eigenvalue weighted by Crippen LogP contribution is -2.56. The molecule has 1 N–H and O–H groups in total. The Morgan fingerprint density at radius 3 is 2.44 bits per heavy atom. The Morgan fingerprint density at radius 1 is 1.09 bits per heavy atom. The molecule has 0 unspecified atom stereocenters. The van der Waals surface area contributed by atoms with E-state index in [9.17, 15) is 40.8 Å². The van der Waals surface area contributed by atoms with Crippen molar-refractivity contribution in [2.24, 2.45) is 0 Å². The van der Waals surface area contributed by atoms with Gasteiger partial charge in [0.25, 0.3) is 11.8 Å². The maximum atomic E-state index is 14.5. The number of hydrazine groups is 1. The van der Waals surface area contributed by atoms with Crippen LogP contribution < -0.4 is 15.2 Å². The molecule has 2 amide bonds. The first-order valence-electron chi connectivity index (χ1n) is 13.1. The SMILES string of the molecule is O=C(NC1CC(F)(F)C1)[C@H](c1ccccc1Cl)N(c1cccc(F)c1)[N+](=O)[C@@H]1CCC(=O)N1c1cccc(C(F)(F)F)n1. The topological polar surface area (TPSA) is 85.6 Å². The van der Waals surface area contributed by atoms with Gasteiger partial charge in [-0.25, -0.2) is 23.1 Å². The quantitative estimate of drug-likeness (QED) is 0.183. The van der Waals surface area contributed by atoms with Gasteiger partial charge in [0.1, 0.15) is 27.9 Å². The summed E-state index contributed by atoms with van der Waals surface area (Å²) in [4.78, 5) is 45.5. The van der Waals surface area contributed by atoms with Gasteiger partial charge >= 0.3 is 12.3 Å². The summed E-state index contributed by atoms with van der Waals surface area (Å²) >= 11 is 6.43. The second-order valence-corrected chi connectivity index (χ2v) is 10.6. The molecular formula is C28H23ClF6N5O3+. The van der Waals surface area contributed by atoms with Crippen LogP contribution in [-0.4, -0.2) is 39.8 Å². The van der Waals surface area contributed by atoms with Gasteiger partial charge in [0.2, 0.25) is 5.91 Å². The first-order valence-corrected chi connectivity index (χ1v) is 13.4. The van der Waals surface area contributed by atoms with Gasteiger partial charge in [-0.05, 0) is 30.3 Å². The van der Waals surface area contributed by atoms with Crippen molar-refractivity contribution in [1.29, 1.82) is 0 Å². The monoisotopic (exact) mass is 626 g/mol. The van der Waals surface area contributed by atoms with E-state index in [2.05, 4.69) is 10.3 Å². The maximum absolute atomic E-state index is 14.5. The van der Waals surface area contributed by atoms with Crippen molar-refractivity contribution < 1.29 is 40.8 Å². The lowest BCUT2D eigenvalue weighted by Gasteiger charge is -2.37. The normalized spacial score (nSPS) is 19.1. The molecule has 2 heterocycles. The molecular weight excluding hydrogens is 604 g/mol. The molecule has 0 radical (unpaired) electrons. The highest BCUT2D eigenvalue weighted by Gasteiger charge is 2.52. The zero-order valence-corrected chi connectivity index (χ0v) is 22.8. The molecule has 5 rings (SSSR count). The van der Waals surface area contributed by atoms with E-state index in [1.807, 2.05) is 0 Å². The molecule has 0 spiro atoms. The number of hydrogen-bond acceptors (Lipinski definition) is 4. The van der Waals surface area contributed by atoms with Crippen molar-refractivity contribution in [3.63, 3.8) is 0 Å². The van der Waals surface area contributed by atoms with E-state index in [0.717, 1.165) is 34.2 Å². The highest BCUT2D eigenvalue weighted by atomic mass is 35.5. The van der Waals surface area contributed by atoms with Crippen LogP contribution >= 0.6 is 11.6 Å². The molecule has 15 heteroatoms. The number of carbonyl (C=O) groups excluding carboxylic acids is 2. The second kappa shape index (κ2) is 11.5. The third-order valence-electron chi connectivity index (χ3n) is 7.12. The van der Waals surface area contributed by atoms with Crippen molar-refractivity contribution in [1.82, 2.24) is 10.3 Å². The summed E-state index contributed by atoms with van der Waals surface area (Å²) in [5.41, 5.74) is -1.43. The number of alkyl halides is 5. The van der Waals surface area contributed by atoms with Gasteiger partial charge in [-0.15, -0.1) is 0 Å². The summed E-state index contributed by atoms with van der Waals surface area (Å²) in [6, 6.07) is 10.7. The smallest absolute Gasteiger partial charge is 0.351 e. The molecule has 1 saturated carbocycles. The molecule has 2 fully saturated rings. The van der Waals surface area contributed by atoms with Gasteiger partial charge in [-0.1, -0.05) is 46.9 Å². The molecule has 2 atom stereocenters. The molecule has 8 nitrogen and oxygen atoms in total. The zero-order chi connectivity index (χ0) is 31.1. The fourth-order valence-corrected chi connectivity index (χ4v) is 5.38. The summed E-state index contributed by atoms with van der Waals surface area (Å²) in [6.45, 7) is 0. The molecule has 3 aromatic rings. The number of benzene rings is 2. The number of pyridine rings is 1. The van der Waals surface area contributed by atoms with Crippen LogP contribution in [0.5, 0.6) is 0 Å². The van der Waals surface area contributed by atoms with Gasteiger partial charge in [0, 0.05) is 48.4 Å². The van der Waals surface area contributed by atoms with E-state index in [1.165, 1.54) is 30.3 Å². The predicted molar refractivity (Wildman–Crippen MR) is 143 cm³/mol. The van der Waals surface area contributed by atoms with Crippen LogP contribution in [0.2, 0.25) is 5.02 Å². The second-order valence-electron chi connectivity index (χ2n) is 10.2. The molecule has 1 aromatic heterocycles. The highest BCUT2D eigenvalue weighted by Crippen LogP contribution is 2.40. The van der Waals surface area contributed by atoms with Crippen molar-refractivity contribution >= 4 is 34.9 Å². The van der Waals surface area contributed by atoms with Crippen molar-refractivity contribution in [3.05, 3.63) is 93.7 Å². The number of nitroso groups, excluding NO2 is 1. The molecule has 1 aliphatic carbocycles. The van der Waals surface area contributed by atoms with Crippen LogP contribution in [0.3, 0.4) is 0 Å². The van der Waals surface area contributed by atoms with Gasteiger partial charge < -0.3 is 5.32 Å². The average Bonchev–Trinajstić information content (AvgIpc) is 3.31. The Kier molecular flexibility index (Phi) is 8.07. The molecule has 1 aliphatic heterocycles. The lowest BCUT2D eigenvalue weighted by atomic mass is 9.88. The van der Waals surface area contributed by atoms with Gasteiger partial charge in [0.15, 0.2) is 6.04 Å². The summed E-state index contributed by atoms with van der Waals surface area (Å²) in [5, 5.41) is 3.30. The third-order valence-corrected chi connectivity index (χ3v) is 7.47. The van der Waals surface area contributed by atoms with Crippen LogP contribution in [0, 0.1) is 10.7 Å². The number of carbonyl (C=O) groups is 2. The van der Waals surface area contributed by atoms with Crippen molar-refractivity contribution in [3.8, 4) is 0 Å². The Morgan fingerprint density at radius 2 is 1.79 bits per heavy atom. The zero-order valence-electron chi connectivity index (χ0n) is 22.1. The standard InChI is InChI=1S/C28H22ClF6N5O3/c29-20-8-2-1-7-19(20)25(26(42)36-17-14-27(31,32)15-17)39(18-6-3-5-16(30)13-18)40(43)23-11-12-24(41)38(23)22-10-4-9-21(37-22)28(33,34)35/h1-10,13,17,23,25H,11-12,14-15H2/p+1/t23-,25+/m1/s1. The molecule has 226 valence electrons. The number of hydrogen-bond donors (Lipinski definition) is 1. The lowest BCUT2D eigenvalue weighted by molar-refractivity contribution is -0.598. The van der Waals surface area contributed by atoms with Gasteiger partial charge in [0.05, 0.1) is 4.91 Å². The first kappa shape index (κ1) is 30.3. The third kappa shape index (κ3) is 6.28. The Balaban J connectivity index is 1.60. The number of nitrogens with one attached hydrogen (secondary N) is 1. The average molecular weight is 627 g/mol. The van der Waals surface area contributed by atoms with E-state index in [0.29, 0.717) is 6.07 Å². The maximum Gasteiger partial charge on any atom is 0.433 e. The van der Waals surface area contributed by atoms with E-state index in [-0.39, 0.29) is 34.0 Å². The molecule has 2 aromatic carbocycles. The minimum absolute atomic E-state index is 0.00953. The Labute approximate surface area is 245 Å². The largest absolute Gasteiger partial charge is 0.433 e. The number of halogens is 7. The molecule has 0 bridgehead atoms. The van der Waals surface area contributed by atoms with Crippen LogP contribution in [0.15, 0.2) is 66.7 Å².